The summed E-state index contributed by atoms with van der Waals surface area (Å²) in [6, 6.07) is 0. The van der Waals surface area contributed by atoms with Crippen molar-refractivity contribution in [3.63, 3.8) is 0 Å². The van der Waals surface area contributed by atoms with E-state index in [0.717, 1.165) is 0 Å². The van der Waals surface area contributed by atoms with Crippen LogP contribution in [0, 0.1) is 0 Å². The third kappa shape index (κ3) is 3.83. The second-order valence-corrected chi connectivity index (χ2v) is 0.737. The first-order valence-corrected chi connectivity index (χ1v) is 1.61. The number of halogens is 1. The number of rotatable bonds is 1. The molecule has 0 aromatic rings. The predicted molar refractivity (Wildman–Crippen MR) is 21.8 cm³/mol. The molecule has 0 amide bonds. The Balaban J connectivity index is 2.62. The van der Waals surface area contributed by atoms with Gasteiger partial charge in [-0.2, -0.15) is 0 Å². The Bertz CT molecular complexity index is 33.9. The average Bonchev–Trinajstić information content (AvgIpc) is 1.41. The molecule has 2 heteroatoms. The minimum Gasteiger partial charge on any atom is -0.394 e. The Morgan fingerprint density at radius 1 is 1.80 bits per heavy atom. The quantitative estimate of drug-likeness (QED) is 0.447. The van der Waals surface area contributed by atoms with Crippen molar-refractivity contribution in [3.8, 4) is 0 Å². The van der Waals surface area contributed by atoms with Crippen molar-refractivity contribution in [2.75, 3.05) is 0 Å². The van der Waals surface area contributed by atoms with Crippen LogP contribution in [0.5, 0.6) is 0 Å². The molecule has 0 N–H and O–H groups in total. The molecule has 0 aromatic carbocycles. The van der Waals surface area contributed by atoms with Crippen molar-refractivity contribution in [3.05, 3.63) is 12.3 Å². The van der Waals surface area contributed by atoms with Gasteiger partial charge in [0.1, 0.15) is 18.1 Å². The maximum absolute atomic E-state index is 4.71. The zero-order valence-electron chi connectivity index (χ0n) is 2.94. The topological polar surface area (TPSA) is 9.23 Å². The van der Waals surface area contributed by atoms with Gasteiger partial charge in [0.25, 0.3) is 0 Å². The second-order valence-electron chi connectivity index (χ2n) is 0.559. The summed E-state index contributed by atoms with van der Waals surface area (Å²) in [5.74, 6) is 0. The lowest BCUT2D eigenvalue weighted by Crippen LogP contribution is -1.45. The van der Waals surface area contributed by atoms with Gasteiger partial charge < -0.3 is 4.29 Å². The Kier molecular flexibility index (Phi) is 3.70. The highest BCUT2D eigenvalue weighted by molar-refractivity contribution is 6.07. The highest BCUT2D eigenvalue weighted by atomic mass is 35.5. The zero-order chi connectivity index (χ0) is 4.12. The zero-order valence-corrected chi connectivity index (χ0v) is 3.70. The largest absolute Gasteiger partial charge is 0.394 e. The fourth-order valence-electron chi connectivity index (χ4n) is 0.0514. The monoisotopic (exact) mass is 92.0 g/mol. The smallest absolute Gasteiger partial charge is 0.134 e. The number of hydrogen-bond donors (Lipinski definition) is 0. The molecule has 0 radical (unpaired) electrons. The summed E-state index contributed by atoms with van der Waals surface area (Å²) in [5.41, 5.74) is 0. The van der Waals surface area contributed by atoms with E-state index in [1.54, 1.807) is 6.08 Å². The van der Waals surface area contributed by atoms with E-state index in [1.807, 2.05) is 6.92 Å². The third-order valence-corrected chi connectivity index (χ3v) is 0.290. The molecule has 0 bridgehead atoms. The van der Waals surface area contributed by atoms with Crippen molar-refractivity contribution in [1.82, 2.24) is 0 Å². The van der Waals surface area contributed by atoms with Gasteiger partial charge in [-0.1, -0.05) is 6.08 Å². The summed E-state index contributed by atoms with van der Waals surface area (Å²) in [6.45, 7) is 1.82. The Morgan fingerprint density at radius 2 is 2.40 bits per heavy atom. The molecule has 1 nitrogen and oxygen atoms in total. The van der Waals surface area contributed by atoms with Crippen molar-refractivity contribution in [2.24, 2.45) is 0 Å². The minimum atomic E-state index is 1.39. The van der Waals surface area contributed by atoms with Crippen LogP contribution in [0.25, 0.3) is 0 Å². The van der Waals surface area contributed by atoms with E-state index < -0.39 is 0 Å². The van der Waals surface area contributed by atoms with Crippen LogP contribution in [0.2, 0.25) is 0 Å². The van der Waals surface area contributed by atoms with Gasteiger partial charge in [0.2, 0.25) is 0 Å². The summed E-state index contributed by atoms with van der Waals surface area (Å²) in [5, 5.41) is 0. The molecule has 0 fully saturated rings. The van der Waals surface area contributed by atoms with Crippen molar-refractivity contribution in [2.45, 2.75) is 6.92 Å². The second kappa shape index (κ2) is 3.83. The van der Waals surface area contributed by atoms with E-state index in [0.29, 0.717) is 0 Å². The van der Waals surface area contributed by atoms with Crippen molar-refractivity contribution in [1.29, 1.82) is 0 Å². The summed E-state index contributed by atoms with van der Waals surface area (Å²) in [6.07, 6.45) is 3.09. The first-order valence-electron chi connectivity index (χ1n) is 1.30. The van der Waals surface area contributed by atoms with Crippen LogP contribution in [0.15, 0.2) is 12.3 Å². The van der Waals surface area contributed by atoms with Crippen LogP contribution in [0.1, 0.15) is 6.92 Å². The van der Waals surface area contributed by atoms with Gasteiger partial charge in [0, 0.05) is 0 Å². The fourth-order valence-corrected chi connectivity index (χ4v) is 0.154. The molecule has 0 aromatic heterocycles. The van der Waals surface area contributed by atoms with Crippen molar-refractivity contribution < 1.29 is 4.29 Å². The van der Waals surface area contributed by atoms with Gasteiger partial charge in [-0.05, 0) is 6.92 Å². The highest BCUT2D eigenvalue weighted by Crippen LogP contribution is 1.77. The van der Waals surface area contributed by atoms with Crippen LogP contribution in [0.4, 0.5) is 0 Å². The molecule has 30 valence electrons. The normalized spacial score (nSPS) is 9.20. The Hall–Kier alpha value is -0.170. The van der Waals surface area contributed by atoms with E-state index >= 15 is 0 Å². The van der Waals surface area contributed by atoms with Crippen LogP contribution >= 0.6 is 11.9 Å². The SMILES string of the molecule is CC=COCl. The molecule has 0 aliphatic rings. The third-order valence-electron chi connectivity index (χ3n) is 0.188. The first-order chi connectivity index (χ1) is 2.41. The average molecular weight is 92.5 g/mol. The van der Waals surface area contributed by atoms with E-state index in [1.165, 1.54) is 6.26 Å². The van der Waals surface area contributed by atoms with Gasteiger partial charge in [-0.3, -0.25) is 0 Å². The van der Waals surface area contributed by atoms with E-state index in [9.17, 15) is 0 Å². The molecule has 0 spiro atoms. The van der Waals surface area contributed by atoms with E-state index in [4.69, 9.17) is 11.9 Å². The van der Waals surface area contributed by atoms with Gasteiger partial charge in [0.05, 0.1) is 0 Å². The van der Waals surface area contributed by atoms with Crippen LogP contribution < -0.4 is 0 Å². The molecular weight excluding hydrogens is 87.5 g/mol. The molecule has 0 saturated carbocycles. The molecule has 0 aliphatic carbocycles. The molecule has 0 unspecified atom stereocenters. The molecule has 5 heavy (non-hydrogen) atoms. The van der Waals surface area contributed by atoms with Crippen LogP contribution in [-0.4, -0.2) is 0 Å². The number of allylic oxidation sites excluding steroid dienone is 1. The van der Waals surface area contributed by atoms with Gasteiger partial charge in [0.15, 0.2) is 0 Å². The van der Waals surface area contributed by atoms with E-state index in [2.05, 4.69) is 4.29 Å². The molecular formula is C3H5ClO. The Morgan fingerprint density at radius 3 is 2.40 bits per heavy atom. The van der Waals surface area contributed by atoms with E-state index in [-0.39, 0.29) is 0 Å². The summed E-state index contributed by atoms with van der Waals surface area (Å²) >= 11 is 4.71. The number of hydrogen-bond acceptors (Lipinski definition) is 1. The highest BCUT2D eigenvalue weighted by Gasteiger charge is 1.51. The maximum Gasteiger partial charge on any atom is 0.134 e. The minimum absolute atomic E-state index is 1.39. The molecule has 0 atom stereocenters. The first kappa shape index (κ1) is 4.83. The fraction of sp³-hybridized carbons (Fsp3) is 0.333. The molecule has 0 rings (SSSR count). The predicted octanol–water partition coefficient (Wildman–Crippen LogP) is 1.69. The van der Waals surface area contributed by atoms with Crippen molar-refractivity contribution >= 4 is 11.9 Å². The summed E-state index contributed by atoms with van der Waals surface area (Å²) in [4.78, 5) is 0. The maximum atomic E-state index is 4.71. The lowest BCUT2D eigenvalue weighted by Gasteiger charge is -1.70. The molecule has 0 heterocycles. The molecule has 0 saturated heterocycles. The summed E-state index contributed by atoms with van der Waals surface area (Å²) in [7, 11) is 0. The van der Waals surface area contributed by atoms with Gasteiger partial charge in [-0.25, -0.2) is 0 Å². The lowest BCUT2D eigenvalue weighted by molar-refractivity contribution is 0.537. The lowest BCUT2D eigenvalue weighted by atomic mass is 10.8. The molecule has 0 aliphatic heterocycles. The van der Waals surface area contributed by atoms with Gasteiger partial charge >= 0.3 is 0 Å². The standard InChI is InChI=1S/C3H5ClO/c1-2-3-5-4/h2-3H,1H3. The van der Waals surface area contributed by atoms with Crippen LogP contribution in [-0.2, 0) is 4.29 Å². The van der Waals surface area contributed by atoms with Gasteiger partial charge in [-0.15, -0.1) is 0 Å². The van der Waals surface area contributed by atoms with Crippen LogP contribution in [0.3, 0.4) is 0 Å². The Labute approximate surface area is 36.4 Å². The summed E-state index contributed by atoms with van der Waals surface area (Å²) < 4.78 is 3.98.